The van der Waals surface area contributed by atoms with Crippen LogP contribution >= 0.6 is 0 Å². The lowest BCUT2D eigenvalue weighted by Gasteiger charge is -2.03. The molecule has 1 N–H and O–H groups in total. The lowest BCUT2D eigenvalue weighted by molar-refractivity contribution is -0.130. The Morgan fingerprint density at radius 3 is 1.76 bits per heavy atom. The second-order valence-corrected chi connectivity index (χ2v) is 4.59. The maximum absolute atomic E-state index is 11.4. The number of imide groups is 1. The highest BCUT2D eigenvalue weighted by atomic mass is 16.2. The zero-order chi connectivity index (χ0) is 12.9. The first-order chi connectivity index (χ1) is 8.20. The maximum atomic E-state index is 11.4. The first-order valence-corrected chi connectivity index (χ1v) is 7.03. The zero-order valence-electron chi connectivity index (χ0n) is 11.4. The van der Waals surface area contributed by atoms with Gasteiger partial charge in [-0.15, -0.1) is 0 Å². The van der Waals surface area contributed by atoms with E-state index in [1.807, 2.05) is 6.92 Å². The number of nitrogens with one attached hydrogen (secondary N) is 1. The lowest BCUT2D eigenvalue weighted by Crippen LogP contribution is -2.29. The first-order valence-electron chi connectivity index (χ1n) is 7.03. The summed E-state index contributed by atoms with van der Waals surface area (Å²) in [6.07, 6.45) is 9.78. The van der Waals surface area contributed by atoms with Crippen molar-refractivity contribution in [1.82, 2.24) is 5.32 Å². The minimum absolute atomic E-state index is 0.110. The number of hydrogen-bond donors (Lipinski definition) is 1. The molecule has 0 aliphatic heterocycles. The lowest BCUT2D eigenvalue weighted by atomic mass is 10.1. The van der Waals surface area contributed by atoms with Crippen molar-refractivity contribution in [3.8, 4) is 0 Å². The van der Waals surface area contributed by atoms with Crippen molar-refractivity contribution in [3.05, 3.63) is 0 Å². The van der Waals surface area contributed by atoms with Crippen molar-refractivity contribution in [2.24, 2.45) is 0 Å². The van der Waals surface area contributed by atoms with E-state index in [4.69, 9.17) is 0 Å². The summed E-state index contributed by atoms with van der Waals surface area (Å²) < 4.78 is 0. The molecule has 0 fully saturated rings. The van der Waals surface area contributed by atoms with E-state index in [1.165, 1.54) is 25.7 Å². The molecular weight excluding hydrogens is 214 g/mol. The van der Waals surface area contributed by atoms with Gasteiger partial charge in [-0.25, -0.2) is 0 Å². The second-order valence-electron chi connectivity index (χ2n) is 4.59. The van der Waals surface area contributed by atoms with Crippen LogP contribution in [0.3, 0.4) is 0 Å². The Morgan fingerprint density at radius 2 is 1.18 bits per heavy atom. The summed E-state index contributed by atoms with van der Waals surface area (Å²) in [6.45, 7) is 4.22. The van der Waals surface area contributed by atoms with E-state index in [0.29, 0.717) is 12.8 Å². The molecule has 0 aromatic carbocycles. The van der Waals surface area contributed by atoms with Crippen LogP contribution in [0.4, 0.5) is 0 Å². The molecular formula is C14H27NO2. The molecule has 0 bridgehead atoms. The summed E-state index contributed by atoms with van der Waals surface area (Å²) in [5.74, 6) is -0.232. The van der Waals surface area contributed by atoms with Crippen molar-refractivity contribution >= 4 is 11.8 Å². The number of amides is 2. The summed E-state index contributed by atoms with van der Waals surface area (Å²) in [4.78, 5) is 22.6. The number of carbonyl (C=O) groups is 2. The molecule has 100 valence electrons. The van der Waals surface area contributed by atoms with Gasteiger partial charge in [0.05, 0.1) is 0 Å². The van der Waals surface area contributed by atoms with Crippen LogP contribution in [0.25, 0.3) is 0 Å². The molecule has 0 aliphatic carbocycles. The van der Waals surface area contributed by atoms with Crippen molar-refractivity contribution in [2.45, 2.75) is 78.1 Å². The van der Waals surface area contributed by atoms with Gasteiger partial charge in [-0.2, -0.15) is 0 Å². The van der Waals surface area contributed by atoms with E-state index in [2.05, 4.69) is 12.2 Å². The Bertz CT molecular complexity index is 214. The number of rotatable bonds is 10. The van der Waals surface area contributed by atoms with Crippen LogP contribution < -0.4 is 5.32 Å². The van der Waals surface area contributed by atoms with Gasteiger partial charge in [-0.3, -0.25) is 14.9 Å². The molecule has 0 saturated carbocycles. The normalized spacial score (nSPS) is 10.2. The number of hydrogen-bond acceptors (Lipinski definition) is 2. The third kappa shape index (κ3) is 11.4. The second kappa shape index (κ2) is 11.6. The smallest absolute Gasteiger partial charge is 0.226 e. The molecule has 0 aromatic rings. The SMILES string of the molecule is CCCCCCCCC(=O)NC(=O)CCCC. The molecule has 3 heteroatoms. The highest BCUT2D eigenvalue weighted by Crippen LogP contribution is 2.06. The summed E-state index contributed by atoms with van der Waals surface area (Å²) in [7, 11) is 0. The topological polar surface area (TPSA) is 46.2 Å². The van der Waals surface area contributed by atoms with Gasteiger partial charge in [0, 0.05) is 12.8 Å². The van der Waals surface area contributed by atoms with Gasteiger partial charge in [-0.1, -0.05) is 52.4 Å². The Labute approximate surface area is 105 Å². The minimum atomic E-state index is -0.122. The highest BCUT2D eigenvalue weighted by Gasteiger charge is 2.06. The van der Waals surface area contributed by atoms with E-state index < -0.39 is 0 Å². The molecule has 3 nitrogen and oxygen atoms in total. The van der Waals surface area contributed by atoms with Crippen LogP contribution in [-0.2, 0) is 9.59 Å². The first kappa shape index (κ1) is 16.1. The molecule has 0 spiro atoms. The molecule has 0 saturated heterocycles. The van der Waals surface area contributed by atoms with E-state index in [-0.39, 0.29) is 11.8 Å². The average molecular weight is 241 g/mol. The van der Waals surface area contributed by atoms with E-state index in [0.717, 1.165) is 25.7 Å². The molecule has 0 atom stereocenters. The predicted octanol–water partition coefficient (Wildman–Crippen LogP) is 3.57. The standard InChI is InChI=1S/C14H27NO2/c1-3-5-7-8-9-10-12-14(17)15-13(16)11-6-4-2/h3-12H2,1-2H3,(H,15,16,17). The Balaban J connectivity index is 3.36. The molecule has 17 heavy (non-hydrogen) atoms. The Hall–Kier alpha value is -0.860. The highest BCUT2D eigenvalue weighted by molar-refractivity contribution is 5.95. The number of carbonyl (C=O) groups excluding carboxylic acids is 2. The summed E-state index contributed by atoms with van der Waals surface area (Å²) >= 11 is 0. The van der Waals surface area contributed by atoms with Crippen LogP contribution in [0.2, 0.25) is 0 Å². The van der Waals surface area contributed by atoms with Crippen molar-refractivity contribution in [1.29, 1.82) is 0 Å². The zero-order valence-corrected chi connectivity index (χ0v) is 11.4. The van der Waals surface area contributed by atoms with E-state index in [1.54, 1.807) is 0 Å². The Kier molecular flexibility index (Phi) is 11.0. The van der Waals surface area contributed by atoms with Gasteiger partial charge in [0.2, 0.25) is 11.8 Å². The van der Waals surface area contributed by atoms with Crippen LogP contribution in [0.1, 0.15) is 78.1 Å². The third-order valence-electron chi connectivity index (χ3n) is 2.79. The fraction of sp³-hybridized carbons (Fsp3) is 0.857. The molecule has 0 aliphatic rings. The van der Waals surface area contributed by atoms with Crippen molar-refractivity contribution in [2.75, 3.05) is 0 Å². The molecule has 0 rings (SSSR count). The van der Waals surface area contributed by atoms with Crippen LogP contribution in [-0.4, -0.2) is 11.8 Å². The van der Waals surface area contributed by atoms with Crippen molar-refractivity contribution < 1.29 is 9.59 Å². The summed E-state index contributed by atoms with van der Waals surface area (Å²) in [5, 5.41) is 2.44. The van der Waals surface area contributed by atoms with E-state index >= 15 is 0 Å². The van der Waals surface area contributed by atoms with Crippen LogP contribution in [0.15, 0.2) is 0 Å². The predicted molar refractivity (Wildman–Crippen MR) is 70.7 cm³/mol. The van der Waals surface area contributed by atoms with Gasteiger partial charge in [0.25, 0.3) is 0 Å². The minimum Gasteiger partial charge on any atom is -0.296 e. The third-order valence-corrected chi connectivity index (χ3v) is 2.79. The van der Waals surface area contributed by atoms with Crippen LogP contribution in [0.5, 0.6) is 0 Å². The van der Waals surface area contributed by atoms with Gasteiger partial charge < -0.3 is 0 Å². The summed E-state index contributed by atoms with van der Waals surface area (Å²) in [6, 6.07) is 0. The molecule has 2 amide bonds. The fourth-order valence-electron chi connectivity index (χ4n) is 1.68. The fourth-order valence-corrected chi connectivity index (χ4v) is 1.68. The maximum Gasteiger partial charge on any atom is 0.226 e. The molecule has 0 heterocycles. The van der Waals surface area contributed by atoms with Gasteiger partial charge in [0.15, 0.2) is 0 Å². The van der Waals surface area contributed by atoms with Crippen molar-refractivity contribution in [3.63, 3.8) is 0 Å². The summed E-state index contributed by atoms with van der Waals surface area (Å²) in [5.41, 5.74) is 0. The largest absolute Gasteiger partial charge is 0.296 e. The molecule has 0 aromatic heterocycles. The quantitative estimate of drug-likeness (QED) is 0.594. The average Bonchev–Trinajstić information content (AvgIpc) is 2.31. The van der Waals surface area contributed by atoms with Gasteiger partial charge >= 0.3 is 0 Å². The van der Waals surface area contributed by atoms with Gasteiger partial charge in [-0.05, 0) is 12.8 Å². The molecule has 0 radical (unpaired) electrons. The molecule has 0 unspecified atom stereocenters. The van der Waals surface area contributed by atoms with Crippen LogP contribution in [0, 0.1) is 0 Å². The van der Waals surface area contributed by atoms with E-state index in [9.17, 15) is 9.59 Å². The Morgan fingerprint density at radius 1 is 0.706 bits per heavy atom. The monoisotopic (exact) mass is 241 g/mol. The van der Waals surface area contributed by atoms with Gasteiger partial charge in [0.1, 0.15) is 0 Å². The number of unbranched alkanes of at least 4 members (excludes halogenated alkanes) is 6.